The summed E-state index contributed by atoms with van der Waals surface area (Å²) in [5.41, 5.74) is 6.92. The van der Waals surface area contributed by atoms with Crippen molar-refractivity contribution >= 4 is 37.5 Å². The molecule has 2 aromatic carbocycles. The largest absolute Gasteiger partial charge is 2.00 e. The molecule has 2 aliphatic rings. The van der Waals surface area contributed by atoms with Crippen LogP contribution in [0, 0.1) is 28.7 Å². The zero-order valence-corrected chi connectivity index (χ0v) is 28.0. The first kappa shape index (κ1) is 35.1. The Morgan fingerprint density at radius 1 is 0.659 bits per heavy atom. The van der Waals surface area contributed by atoms with Crippen LogP contribution in [0.15, 0.2) is 117 Å². The van der Waals surface area contributed by atoms with Gasteiger partial charge in [-0.05, 0) is 112 Å². The van der Waals surface area contributed by atoms with Crippen LogP contribution in [-0.4, -0.2) is 5.66 Å². The van der Waals surface area contributed by atoms with E-state index in [0.717, 1.165) is 23.8 Å². The monoisotopic (exact) mass is 626 g/mol. The molecule has 5 heteroatoms. The molecule has 6 rings (SSSR count). The number of rotatable bonds is 7. The van der Waals surface area contributed by atoms with Crippen molar-refractivity contribution in [2.24, 2.45) is 0 Å². The van der Waals surface area contributed by atoms with E-state index < -0.39 is 15.8 Å². The molecule has 0 saturated heterocycles. The fraction of sp³-hybridized carbons (Fsp3) is 0.278. The van der Waals surface area contributed by atoms with Crippen molar-refractivity contribution in [3.8, 4) is 0 Å². The van der Waals surface area contributed by atoms with Gasteiger partial charge in [-0.1, -0.05) is 73.2 Å². The molecule has 4 aromatic rings. The first-order chi connectivity index (χ1) is 18.6. The van der Waals surface area contributed by atoms with Crippen LogP contribution in [-0.2, 0) is 17.1 Å². The number of hydrogen-bond acceptors (Lipinski definition) is 2. The summed E-state index contributed by atoms with van der Waals surface area (Å²) in [5, 5.41) is 4.54. The SMILES string of the molecule is C1=CCCC1.Cc1ccccc1P(c1ccccc1C)[C@H](C)C1=C(P(c2ccco2)c2ccco2)CCC1.[CH3-].[CH3-].[Fe+2]. The summed E-state index contributed by atoms with van der Waals surface area (Å²) >= 11 is 0. The summed E-state index contributed by atoms with van der Waals surface area (Å²) in [6.07, 6.45) is 15.6. The molecule has 0 fully saturated rings. The molecule has 2 nitrogen and oxygen atoms in total. The molecular weight excluding hydrogens is 582 g/mol. The molecule has 2 aromatic heterocycles. The summed E-state index contributed by atoms with van der Waals surface area (Å²) in [6, 6.07) is 26.2. The first-order valence-electron chi connectivity index (χ1n) is 13.8. The maximum atomic E-state index is 5.97. The van der Waals surface area contributed by atoms with Gasteiger partial charge in [0.1, 0.15) is 11.0 Å². The van der Waals surface area contributed by atoms with Gasteiger partial charge >= 0.3 is 17.1 Å². The van der Waals surface area contributed by atoms with Crippen LogP contribution >= 0.6 is 15.8 Å². The maximum absolute atomic E-state index is 5.97. The van der Waals surface area contributed by atoms with Crippen LogP contribution in [0.2, 0.25) is 0 Å². The molecule has 1 atom stereocenters. The number of furan rings is 2. The Bertz CT molecular complexity index is 1290. The Labute approximate surface area is 261 Å². The number of hydrogen-bond donors (Lipinski definition) is 0. The van der Waals surface area contributed by atoms with Gasteiger partial charge in [-0.25, -0.2) is 0 Å². The van der Waals surface area contributed by atoms with Gasteiger partial charge in [-0.3, -0.25) is 0 Å². The Hall–Kier alpha value is -2.14. The summed E-state index contributed by atoms with van der Waals surface area (Å²) in [7, 11) is -1.31. The van der Waals surface area contributed by atoms with Gasteiger partial charge in [0.2, 0.25) is 0 Å². The minimum absolute atomic E-state index is 0. The summed E-state index contributed by atoms with van der Waals surface area (Å²) in [4.78, 5) is 0. The quantitative estimate of drug-likeness (QED) is 0.0884. The van der Waals surface area contributed by atoms with Gasteiger partial charge in [0.15, 0.2) is 0 Å². The molecule has 0 N–H and O–H groups in total. The molecule has 2 aliphatic carbocycles. The van der Waals surface area contributed by atoms with Gasteiger partial charge in [0.05, 0.1) is 20.4 Å². The molecule has 0 bridgehead atoms. The van der Waals surface area contributed by atoms with Gasteiger partial charge in [0.25, 0.3) is 0 Å². The fourth-order valence-corrected chi connectivity index (χ4v) is 11.3. The van der Waals surface area contributed by atoms with Gasteiger partial charge < -0.3 is 23.7 Å². The van der Waals surface area contributed by atoms with Crippen LogP contribution < -0.4 is 21.6 Å². The van der Waals surface area contributed by atoms with E-state index in [0.29, 0.717) is 5.66 Å². The average Bonchev–Trinajstić information content (AvgIpc) is 3.77. The van der Waals surface area contributed by atoms with E-state index in [9.17, 15) is 0 Å². The molecule has 0 unspecified atom stereocenters. The molecule has 2 heterocycles. The third-order valence-electron chi connectivity index (χ3n) is 7.50. The summed E-state index contributed by atoms with van der Waals surface area (Å²) in [5.74, 6) is 0. The van der Waals surface area contributed by atoms with E-state index in [-0.39, 0.29) is 31.9 Å². The van der Waals surface area contributed by atoms with E-state index in [4.69, 9.17) is 8.83 Å². The maximum Gasteiger partial charge on any atom is 2.00 e. The number of benzene rings is 2. The van der Waals surface area contributed by atoms with Crippen molar-refractivity contribution in [2.75, 3.05) is 0 Å². The molecule has 0 saturated carbocycles. The standard InChI is InChI=1S/C29H30O2P2.C5H8.2CH3.Fe/c1-21-11-4-6-14-25(21)32(26-15-7-5-12-22(26)2)23(3)24-13-8-16-27(24)33(28-17-9-19-30-28)29-18-10-20-31-29;1-2-4-5-3-1;;;/h4-7,9-12,14-15,17-20,23H,8,13,16H2,1-3H3;1-2H,3-5H2;2*1H3;/q;;2*-1;+2/t23-;;;;/m1..../s1. The molecule has 0 spiro atoms. The Balaban J connectivity index is 0.000000667. The van der Waals surface area contributed by atoms with Gasteiger partial charge in [0, 0.05) is 5.66 Å². The van der Waals surface area contributed by atoms with Crippen LogP contribution in [0.4, 0.5) is 0 Å². The Kier molecular flexibility index (Phi) is 14.6. The normalized spacial score (nSPS) is 14.7. The zero-order chi connectivity index (χ0) is 26.3. The molecule has 0 radical (unpaired) electrons. The zero-order valence-electron chi connectivity index (χ0n) is 25.1. The van der Waals surface area contributed by atoms with Crippen molar-refractivity contribution in [1.82, 2.24) is 0 Å². The molecule has 218 valence electrons. The molecular formula is C36H44FeO2P2. The predicted molar refractivity (Wildman–Crippen MR) is 178 cm³/mol. The second-order valence-corrected chi connectivity index (χ2v) is 14.7. The smallest absolute Gasteiger partial charge is 0.464 e. The molecule has 41 heavy (non-hydrogen) atoms. The Morgan fingerprint density at radius 3 is 1.59 bits per heavy atom. The summed E-state index contributed by atoms with van der Waals surface area (Å²) in [6.45, 7) is 6.99. The number of allylic oxidation sites excluding steroid dienone is 4. The van der Waals surface area contributed by atoms with E-state index in [1.54, 1.807) is 23.4 Å². The van der Waals surface area contributed by atoms with Crippen molar-refractivity contribution < 1.29 is 25.9 Å². The van der Waals surface area contributed by atoms with Crippen LogP contribution in [0.1, 0.15) is 56.6 Å². The predicted octanol–water partition coefficient (Wildman–Crippen LogP) is 9.51. The van der Waals surface area contributed by atoms with Crippen LogP contribution in [0.25, 0.3) is 0 Å². The third kappa shape index (κ3) is 8.24. The van der Waals surface area contributed by atoms with E-state index in [1.807, 2.05) is 12.1 Å². The van der Waals surface area contributed by atoms with E-state index in [2.05, 4.69) is 93.6 Å². The fourth-order valence-electron chi connectivity index (χ4n) is 5.58. The first-order valence-corrected chi connectivity index (χ1v) is 16.5. The van der Waals surface area contributed by atoms with E-state index >= 15 is 0 Å². The minimum atomic E-state index is -0.771. The average molecular weight is 627 g/mol. The second kappa shape index (κ2) is 17.1. The van der Waals surface area contributed by atoms with Crippen LogP contribution in [0.5, 0.6) is 0 Å². The minimum Gasteiger partial charge on any atom is -0.464 e. The third-order valence-corrected chi connectivity index (χ3v) is 13.1. The molecule has 0 aliphatic heterocycles. The van der Waals surface area contributed by atoms with Crippen molar-refractivity contribution in [3.05, 3.63) is 134 Å². The van der Waals surface area contributed by atoms with Gasteiger partial charge in [-0.15, -0.1) is 0 Å². The van der Waals surface area contributed by atoms with Gasteiger partial charge in [-0.2, -0.15) is 0 Å². The van der Waals surface area contributed by atoms with E-state index in [1.165, 1.54) is 47.4 Å². The van der Waals surface area contributed by atoms with Crippen LogP contribution in [0.3, 0.4) is 0 Å². The number of aryl methyl sites for hydroxylation is 2. The van der Waals surface area contributed by atoms with Crippen molar-refractivity contribution in [1.29, 1.82) is 0 Å². The summed E-state index contributed by atoms with van der Waals surface area (Å²) < 4.78 is 11.9. The molecule has 0 amide bonds. The Morgan fingerprint density at radius 2 is 1.17 bits per heavy atom. The van der Waals surface area contributed by atoms with Crippen molar-refractivity contribution in [2.45, 2.75) is 65.0 Å². The topological polar surface area (TPSA) is 26.3 Å². The van der Waals surface area contributed by atoms with Crippen molar-refractivity contribution in [3.63, 3.8) is 0 Å². The second-order valence-electron chi connectivity index (χ2n) is 10.1.